The molecule has 0 saturated carbocycles. The lowest BCUT2D eigenvalue weighted by molar-refractivity contribution is -0.139. The number of hydrogen-bond donors (Lipinski definition) is 3. The number of para-hydroxylation sites is 1. The zero-order valence-corrected chi connectivity index (χ0v) is 20.9. The normalized spacial score (nSPS) is 19.8. The van der Waals surface area contributed by atoms with E-state index in [4.69, 9.17) is 9.84 Å². The predicted octanol–water partition coefficient (Wildman–Crippen LogP) is 2.78. The zero-order valence-electron chi connectivity index (χ0n) is 18.8. The third-order valence-corrected chi connectivity index (χ3v) is 6.49. The summed E-state index contributed by atoms with van der Waals surface area (Å²) < 4.78 is 20.3. The first-order chi connectivity index (χ1) is 16.3. The molecule has 0 radical (unpaired) electrons. The molecule has 0 fully saturated rings. The van der Waals surface area contributed by atoms with Crippen LogP contribution < -0.4 is 10.1 Å². The quantitative estimate of drug-likeness (QED) is 0.396. The summed E-state index contributed by atoms with van der Waals surface area (Å²) in [5, 5.41) is 23.0. The number of carbonyl (C=O) groups excluding carboxylic acids is 2. The van der Waals surface area contributed by atoms with Crippen LogP contribution in [-0.4, -0.2) is 58.3 Å². The molecule has 182 valence electrons. The molecule has 3 N–H and O–H groups in total. The third kappa shape index (κ3) is 6.55. The average molecular weight is 582 g/mol. The predicted molar refractivity (Wildman–Crippen MR) is 133 cm³/mol. The van der Waals surface area contributed by atoms with Crippen molar-refractivity contribution in [2.45, 2.75) is 44.6 Å². The smallest absolute Gasteiger partial charge is 0.247 e. The van der Waals surface area contributed by atoms with Crippen molar-refractivity contribution >= 4 is 34.4 Å². The van der Waals surface area contributed by atoms with Gasteiger partial charge in [0.2, 0.25) is 11.8 Å². The number of rotatable bonds is 9. The Morgan fingerprint density at radius 1 is 1.21 bits per heavy atom. The Bertz CT molecular complexity index is 1030. The molecule has 34 heavy (non-hydrogen) atoms. The molecule has 3 unspecified atom stereocenters. The molecule has 0 aliphatic heterocycles. The van der Waals surface area contributed by atoms with Crippen LogP contribution in [0.1, 0.15) is 25.3 Å². The van der Waals surface area contributed by atoms with Gasteiger partial charge in [-0.2, -0.15) is 0 Å². The van der Waals surface area contributed by atoms with Crippen molar-refractivity contribution in [1.82, 2.24) is 10.2 Å². The van der Waals surface area contributed by atoms with Gasteiger partial charge in [-0.3, -0.25) is 9.59 Å². The van der Waals surface area contributed by atoms with Gasteiger partial charge >= 0.3 is 0 Å². The van der Waals surface area contributed by atoms with E-state index in [2.05, 4.69) is 27.9 Å². The number of halogens is 2. The van der Waals surface area contributed by atoms with Crippen LogP contribution >= 0.6 is 22.6 Å². The van der Waals surface area contributed by atoms with Crippen molar-refractivity contribution in [3.05, 3.63) is 75.1 Å². The van der Waals surface area contributed by atoms with Crippen molar-refractivity contribution in [1.29, 1.82) is 0 Å². The van der Waals surface area contributed by atoms with E-state index in [1.807, 2.05) is 18.2 Å². The highest BCUT2D eigenvalue weighted by Crippen LogP contribution is 2.30. The highest BCUT2D eigenvalue weighted by molar-refractivity contribution is 14.1. The Labute approximate surface area is 211 Å². The Kier molecular flexibility index (Phi) is 9.43. The van der Waals surface area contributed by atoms with Crippen LogP contribution in [0, 0.1) is 9.39 Å². The Hall–Kier alpha value is -2.50. The number of benzene rings is 2. The number of aliphatic hydroxyl groups excluding tert-OH is 2. The maximum Gasteiger partial charge on any atom is 0.247 e. The summed E-state index contributed by atoms with van der Waals surface area (Å²) in [6.45, 7) is 1.74. The van der Waals surface area contributed by atoms with Gasteiger partial charge in [-0.05, 0) is 58.5 Å². The minimum absolute atomic E-state index is 0.0820. The van der Waals surface area contributed by atoms with E-state index in [0.29, 0.717) is 16.9 Å². The first-order valence-electron chi connectivity index (χ1n) is 11.1. The lowest BCUT2D eigenvalue weighted by atomic mass is 9.87. The van der Waals surface area contributed by atoms with Crippen molar-refractivity contribution in [2.75, 3.05) is 13.2 Å². The first-order valence-corrected chi connectivity index (χ1v) is 12.1. The van der Waals surface area contributed by atoms with Crippen LogP contribution in [0.3, 0.4) is 0 Å². The second-order valence-electron chi connectivity index (χ2n) is 7.95. The first kappa shape index (κ1) is 26.1. The van der Waals surface area contributed by atoms with Crippen LogP contribution in [0.25, 0.3) is 0 Å². The Morgan fingerprint density at radius 3 is 2.56 bits per heavy atom. The van der Waals surface area contributed by atoms with Gasteiger partial charge in [0.05, 0.1) is 16.2 Å². The maximum atomic E-state index is 13.4. The van der Waals surface area contributed by atoms with Gasteiger partial charge in [-0.15, -0.1) is 0 Å². The fourth-order valence-electron chi connectivity index (χ4n) is 3.85. The van der Waals surface area contributed by atoms with E-state index in [0.717, 1.165) is 3.57 Å². The van der Waals surface area contributed by atoms with Gasteiger partial charge in [-0.25, -0.2) is 4.39 Å². The van der Waals surface area contributed by atoms with Gasteiger partial charge in [0.25, 0.3) is 0 Å². The molecule has 9 heteroatoms. The zero-order chi connectivity index (χ0) is 24.7. The number of amides is 2. The molecule has 2 aromatic carbocycles. The molecule has 0 heterocycles. The van der Waals surface area contributed by atoms with Crippen LogP contribution in [-0.2, 0) is 16.1 Å². The van der Waals surface area contributed by atoms with Crippen LogP contribution in [0.2, 0.25) is 0 Å². The molecule has 1 aliphatic carbocycles. The fraction of sp³-hybridized carbons (Fsp3) is 0.360. The number of nitrogens with zero attached hydrogens (tertiary/aromatic N) is 1. The minimum atomic E-state index is -1.11. The molecule has 3 atom stereocenters. The molecule has 3 rings (SSSR count). The molecular weight excluding hydrogens is 554 g/mol. The standard InChI is InChI=1S/C25H28FIN2O5/c1-2-23(31)29(15-16-7-9-18(26)10-8-16)20-13-17(25(33)28-11-12-30)14-22(24(20)32)34-21-6-4-3-5-19(21)27/h3-10,14,20,22,24,30,32H,2,11-13,15H2,1H3,(H,28,33). The lowest BCUT2D eigenvalue weighted by Crippen LogP contribution is -2.54. The van der Waals surface area contributed by atoms with Crippen LogP contribution in [0.4, 0.5) is 4.39 Å². The summed E-state index contributed by atoms with van der Waals surface area (Å²) in [6.07, 6.45) is -0.116. The Balaban J connectivity index is 1.95. The summed E-state index contributed by atoms with van der Waals surface area (Å²) in [5.41, 5.74) is 1.05. The Morgan fingerprint density at radius 2 is 1.91 bits per heavy atom. The van der Waals surface area contributed by atoms with Gasteiger partial charge in [0, 0.05) is 31.5 Å². The van der Waals surface area contributed by atoms with E-state index in [1.165, 1.54) is 17.0 Å². The topological polar surface area (TPSA) is 99.1 Å². The summed E-state index contributed by atoms with van der Waals surface area (Å²) in [6, 6.07) is 12.4. The van der Waals surface area contributed by atoms with E-state index >= 15 is 0 Å². The largest absolute Gasteiger partial charge is 0.482 e. The molecule has 7 nitrogen and oxygen atoms in total. The maximum absolute atomic E-state index is 13.4. The van der Waals surface area contributed by atoms with E-state index < -0.39 is 24.2 Å². The molecule has 0 spiro atoms. The molecule has 2 aromatic rings. The van der Waals surface area contributed by atoms with E-state index in [9.17, 15) is 19.1 Å². The average Bonchev–Trinajstić information content (AvgIpc) is 2.84. The number of aliphatic hydroxyl groups is 2. The van der Waals surface area contributed by atoms with Gasteiger partial charge < -0.3 is 25.2 Å². The third-order valence-electron chi connectivity index (χ3n) is 5.60. The molecule has 0 aromatic heterocycles. The highest BCUT2D eigenvalue weighted by Gasteiger charge is 2.40. The van der Waals surface area contributed by atoms with Gasteiger partial charge in [0.1, 0.15) is 23.8 Å². The number of carbonyl (C=O) groups is 2. The van der Waals surface area contributed by atoms with Crippen molar-refractivity contribution < 1.29 is 28.9 Å². The molecule has 0 saturated heterocycles. The van der Waals surface area contributed by atoms with Crippen LogP contribution in [0.5, 0.6) is 5.75 Å². The lowest BCUT2D eigenvalue weighted by Gasteiger charge is -2.40. The summed E-state index contributed by atoms with van der Waals surface area (Å²) in [5.74, 6) is -0.441. The fourth-order valence-corrected chi connectivity index (χ4v) is 4.36. The van der Waals surface area contributed by atoms with E-state index in [-0.39, 0.29) is 44.3 Å². The van der Waals surface area contributed by atoms with Crippen molar-refractivity contribution in [3.63, 3.8) is 0 Å². The summed E-state index contributed by atoms with van der Waals surface area (Å²) in [7, 11) is 0. The van der Waals surface area contributed by atoms with Gasteiger partial charge in [-0.1, -0.05) is 31.2 Å². The second kappa shape index (κ2) is 12.3. The van der Waals surface area contributed by atoms with Gasteiger partial charge in [0.15, 0.2) is 0 Å². The molecule has 0 bridgehead atoms. The molecule has 1 aliphatic rings. The summed E-state index contributed by atoms with van der Waals surface area (Å²) >= 11 is 2.12. The number of nitrogens with one attached hydrogen (secondary N) is 1. The molecular formula is C25H28FIN2O5. The monoisotopic (exact) mass is 582 g/mol. The number of hydrogen-bond acceptors (Lipinski definition) is 5. The van der Waals surface area contributed by atoms with Crippen molar-refractivity contribution in [2.24, 2.45) is 0 Å². The number of ether oxygens (including phenoxy) is 1. The van der Waals surface area contributed by atoms with Crippen LogP contribution in [0.15, 0.2) is 60.2 Å². The highest BCUT2D eigenvalue weighted by atomic mass is 127. The molecule has 2 amide bonds. The van der Waals surface area contributed by atoms with E-state index in [1.54, 1.807) is 31.2 Å². The SMILES string of the molecule is CCC(=O)N(Cc1ccc(F)cc1)C1CC(C(=O)NCCO)=CC(Oc2ccccc2I)C1O. The van der Waals surface area contributed by atoms with Crippen molar-refractivity contribution in [3.8, 4) is 5.75 Å². The second-order valence-corrected chi connectivity index (χ2v) is 9.11. The summed E-state index contributed by atoms with van der Waals surface area (Å²) in [4.78, 5) is 27.2. The minimum Gasteiger partial charge on any atom is -0.482 e.